The summed E-state index contributed by atoms with van der Waals surface area (Å²) in [6.45, 7) is 4.80. The fourth-order valence-electron chi connectivity index (χ4n) is 2.28. The molecule has 6 heteroatoms. The van der Waals surface area contributed by atoms with Gasteiger partial charge in [-0.3, -0.25) is 9.69 Å². The summed E-state index contributed by atoms with van der Waals surface area (Å²) >= 11 is 0. The van der Waals surface area contributed by atoms with Gasteiger partial charge in [0.25, 0.3) is 0 Å². The van der Waals surface area contributed by atoms with E-state index in [1.807, 2.05) is 6.92 Å². The molecule has 1 aromatic rings. The molecule has 0 saturated carbocycles. The molecule has 6 nitrogen and oxygen atoms in total. The van der Waals surface area contributed by atoms with Crippen LogP contribution in [0.4, 0.5) is 0 Å². The zero-order valence-electron chi connectivity index (χ0n) is 9.73. The van der Waals surface area contributed by atoms with Crippen LogP contribution in [0.5, 0.6) is 0 Å². The first-order chi connectivity index (χ1) is 8.18. The minimum atomic E-state index is -0.0470. The van der Waals surface area contributed by atoms with Crippen LogP contribution < -0.4 is 5.32 Å². The highest BCUT2D eigenvalue weighted by molar-refractivity contribution is 5.79. The molecule has 1 aromatic heterocycles. The van der Waals surface area contributed by atoms with Crippen LogP contribution in [0.25, 0.3) is 0 Å². The molecule has 0 unspecified atom stereocenters. The molecule has 92 valence electrons. The van der Waals surface area contributed by atoms with Gasteiger partial charge in [0.2, 0.25) is 5.91 Å². The Morgan fingerprint density at radius 3 is 3.00 bits per heavy atom. The van der Waals surface area contributed by atoms with E-state index < -0.39 is 0 Å². The van der Waals surface area contributed by atoms with Gasteiger partial charge < -0.3 is 14.5 Å². The van der Waals surface area contributed by atoms with Crippen LogP contribution in [0.2, 0.25) is 0 Å². The van der Waals surface area contributed by atoms with Crippen LogP contribution in [0.15, 0.2) is 10.6 Å². The number of nitrogens with zero attached hydrogens (tertiary/aromatic N) is 2. The van der Waals surface area contributed by atoms with Crippen molar-refractivity contribution in [3.63, 3.8) is 0 Å². The van der Waals surface area contributed by atoms with E-state index >= 15 is 0 Å². The van der Waals surface area contributed by atoms with Gasteiger partial charge in [-0.1, -0.05) is 0 Å². The summed E-state index contributed by atoms with van der Waals surface area (Å²) < 4.78 is 10.7. The summed E-state index contributed by atoms with van der Waals surface area (Å²) in [5, 5.41) is 2.89. The third-order valence-electron chi connectivity index (χ3n) is 3.38. The molecule has 0 aliphatic carbocycles. The molecule has 1 N–H and O–H groups in total. The number of hydrogen-bond donors (Lipinski definition) is 1. The van der Waals surface area contributed by atoms with Gasteiger partial charge in [-0.15, -0.1) is 0 Å². The van der Waals surface area contributed by atoms with Crippen molar-refractivity contribution in [2.24, 2.45) is 0 Å². The smallest absolute Gasteiger partial charge is 0.234 e. The minimum Gasteiger partial charge on any atom is -0.445 e. The number of ether oxygens (including phenoxy) is 1. The van der Waals surface area contributed by atoms with E-state index in [0.717, 1.165) is 5.76 Å². The minimum absolute atomic E-state index is 0.0470. The fraction of sp³-hybridized carbons (Fsp3) is 0.636. The first-order valence-corrected chi connectivity index (χ1v) is 5.69. The number of aryl methyl sites for hydroxylation is 1. The summed E-state index contributed by atoms with van der Waals surface area (Å²) in [6.07, 6.45) is 1.72. The van der Waals surface area contributed by atoms with Crippen molar-refractivity contribution < 1.29 is 13.9 Å². The number of carbonyl (C=O) groups is 1. The van der Waals surface area contributed by atoms with E-state index in [1.54, 1.807) is 6.20 Å². The number of piperazine rings is 1. The average molecular weight is 237 g/mol. The molecule has 0 aromatic carbocycles. The zero-order valence-corrected chi connectivity index (χ0v) is 9.73. The second-order valence-electron chi connectivity index (χ2n) is 4.70. The molecule has 3 heterocycles. The van der Waals surface area contributed by atoms with Crippen LogP contribution in [-0.4, -0.2) is 47.6 Å². The summed E-state index contributed by atoms with van der Waals surface area (Å²) in [5.41, 5.74) is -0.0470. The Hall–Kier alpha value is -1.40. The Kier molecular flexibility index (Phi) is 2.41. The number of aromatic nitrogens is 1. The van der Waals surface area contributed by atoms with Crippen LogP contribution in [0.1, 0.15) is 11.7 Å². The van der Waals surface area contributed by atoms with Gasteiger partial charge in [0.15, 0.2) is 5.89 Å². The third kappa shape index (κ3) is 1.83. The quantitative estimate of drug-likeness (QED) is 0.763. The molecule has 0 bridgehead atoms. The molecule has 3 rings (SSSR count). The molecule has 1 amide bonds. The van der Waals surface area contributed by atoms with Crippen LogP contribution in [0.3, 0.4) is 0 Å². The Labute approximate surface area is 98.9 Å². The summed E-state index contributed by atoms with van der Waals surface area (Å²) in [7, 11) is 0. The van der Waals surface area contributed by atoms with Crippen molar-refractivity contribution >= 4 is 5.91 Å². The van der Waals surface area contributed by atoms with E-state index in [0.29, 0.717) is 38.7 Å². The number of nitrogens with one attached hydrogen (secondary N) is 1. The van der Waals surface area contributed by atoms with Crippen LogP contribution in [-0.2, 0) is 16.1 Å². The van der Waals surface area contributed by atoms with E-state index in [4.69, 9.17) is 9.15 Å². The van der Waals surface area contributed by atoms with Crippen LogP contribution in [0, 0.1) is 6.92 Å². The predicted octanol–water partition coefficient (Wildman–Crippen LogP) is -0.316. The topological polar surface area (TPSA) is 67.6 Å². The molecule has 0 atom stereocenters. The Morgan fingerprint density at radius 2 is 2.41 bits per heavy atom. The first-order valence-electron chi connectivity index (χ1n) is 5.69. The number of carbonyl (C=O) groups excluding carboxylic acids is 1. The predicted molar refractivity (Wildman–Crippen MR) is 58.2 cm³/mol. The van der Waals surface area contributed by atoms with Gasteiger partial charge in [-0.25, -0.2) is 4.98 Å². The highest BCUT2D eigenvalue weighted by Crippen LogP contribution is 2.28. The average Bonchev–Trinajstić information content (AvgIpc) is 2.62. The SMILES string of the molecule is Cc1ncc(CN2CC(=O)NCC23COC3)o1. The van der Waals surface area contributed by atoms with E-state index in [2.05, 4.69) is 15.2 Å². The molecule has 0 radical (unpaired) electrons. The van der Waals surface area contributed by atoms with Gasteiger partial charge in [-0.05, 0) is 0 Å². The first kappa shape index (κ1) is 10.7. The summed E-state index contributed by atoms with van der Waals surface area (Å²) in [6, 6.07) is 0. The molecular weight excluding hydrogens is 222 g/mol. The molecule has 2 saturated heterocycles. The highest BCUT2D eigenvalue weighted by Gasteiger charge is 2.47. The third-order valence-corrected chi connectivity index (χ3v) is 3.38. The van der Waals surface area contributed by atoms with Gasteiger partial charge in [0.05, 0.1) is 38.0 Å². The molecule has 2 aliphatic rings. The van der Waals surface area contributed by atoms with Gasteiger partial charge in [0.1, 0.15) is 5.76 Å². The summed E-state index contributed by atoms with van der Waals surface area (Å²) in [4.78, 5) is 17.6. The second-order valence-corrected chi connectivity index (χ2v) is 4.70. The van der Waals surface area contributed by atoms with Crippen molar-refractivity contribution in [2.75, 3.05) is 26.3 Å². The van der Waals surface area contributed by atoms with Crippen molar-refractivity contribution in [2.45, 2.75) is 19.0 Å². The lowest BCUT2D eigenvalue weighted by Gasteiger charge is -2.51. The molecule has 2 aliphatic heterocycles. The Morgan fingerprint density at radius 1 is 1.59 bits per heavy atom. The number of hydrogen-bond acceptors (Lipinski definition) is 5. The monoisotopic (exact) mass is 237 g/mol. The van der Waals surface area contributed by atoms with E-state index in [1.165, 1.54) is 0 Å². The largest absolute Gasteiger partial charge is 0.445 e. The molecular formula is C11H15N3O3. The lowest BCUT2D eigenvalue weighted by atomic mass is 9.92. The van der Waals surface area contributed by atoms with Gasteiger partial charge in [-0.2, -0.15) is 0 Å². The van der Waals surface area contributed by atoms with Crippen molar-refractivity contribution in [1.82, 2.24) is 15.2 Å². The maximum absolute atomic E-state index is 11.5. The normalized spacial score (nSPS) is 23.5. The van der Waals surface area contributed by atoms with Crippen molar-refractivity contribution in [3.05, 3.63) is 17.8 Å². The number of amides is 1. The van der Waals surface area contributed by atoms with Crippen LogP contribution >= 0.6 is 0 Å². The van der Waals surface area contributed by atoms with E-state index in [-0.39, 0.29) is 11.4 Å². The van der Waals surface area contributed by atoms with Gasteiger partial charge >= 0.3 is 0 Å². The number of oxazole rings is 1. The molecule has 2 fully saturated rings. The van der Waals surface area contributed by atoms with Gasteiger partial charge in [0, 0.05) is 13.5 Å². The van der Waals surface area contributed by atoms with Crippen molar-refractivity contribution in [1.29, 1.82) is 0 Å². The molecule has 1 spiro atoms. The molecule has 17 heavy (non-hydrogen) atoms. The lowest BCUT2D eigenvalue weighted by Crippen LogP contribution is -2.71. The highest BCUT2D eigenvalue weighted by atomic mass is 16.5. The Balaban J connectivity index is 1.76. The van der Waals surface area contributed by atoms with E-state index in [9.17, 15) is 4.79 Å². The van der Waals surface area contributed by atoms with Crippen molar-refractivity contribution in [3.8, 4) is 0 Å². The number of rotatable bonds is 2. The second kappa shape index (κ2) is 3.82. The Bertz CT molecular complexity index is 439. The zero-order chi connectivity index (χ0) is 11.9. The maximum atomic E-state index is 11.5. The lowest BCUT2D eigenvalue weighted by molar-refractivity contribution is -0.165. The standard InChI is InChI=1S/C11H15N3O3/c1-8-12-2-9(17-8)3-14-4-10(15)13-5-11(14)6-16-7-11/h2H,3-7H2,1H3,(H,13,15). The maximum Gasteiger partial charge on any atom is 0.234 e. The fourth-order valence-corrected chi connectivity index (χ4v) is 2.28. The summed E-state index contributed by atoms with van der Waals surface area (Å²) in [5.74, 6) is 1.50.